The molecule has 7 heteroatoms. The molecule has 1 aliphatic heterocycles. The number of rotatable bonds is 3. The zero-order valence-corrected chi connectivity index (χ0v) is 12.5. The van der Waals surface area contributed by atoms with Crippen molar-refractivity contribution in [3.63, 3.8) is 0 Å². The standard InChI is InChI=1S/C12H22N4O2S/c1-4-10-7-16(6-5-11(10)13)19(17,18)12-8(2)14-15-9(12)3/h10-11H,4-7,13H2,1-3H3,(H,14,15). The number of piperidine rings is 1. The van der Waals surface area contributed by atoms with Gasteiger partial charge in [-0.25, -0.2) is 8.42 Å². The third kappa shape index (κ3) is 2.54. The highest BCUT2D eigenvalue weighted by Crippen LogP contribution is 2.27. The fraction of sp³-hybridized carbons (Fsp3) is 0.750. The molecular formula is C12H22N4O2S. The molecule has 1 saturated heterocycles. The summed E-state index contributed by atoms with van der Waals surface area (Å²) in [6.45, 7) is 6.49. The molecule has 0 bridgehead atoms. The van der Waals surface area contributed by atoms with Gasteiger partial charge in [-0.3, -0.25) is 5.10 Å². The normalized spacial score (nSPS) is 25.7. The van der Waals surface area contributed by atoms with Crippen LogP contribution in [0.4, 0.5) is 0 Å². The number of aryl methyl sites for hydroxylation is 2. The van der Waals surface area contributed by atoms with E-state index in [0.29, 0.717) is 35.8 Å². The van der Waals surface area contributed by atoms with E-state index in [-0.39, 0.29) is 12.0 Å². The number of aromatic amines is 1. The molecule has 1 aliphatic rings. The summed E-state index contributed by atoms with van der Waals surface area (Å²) >= 11 is 0. The van der Waals surface area contributed by atoms with Gasteiger partial charge in [-0.15, -0.1) is 0 Å². The maximum Gasteiger partial charge on any atom is 0.246 e. The summed E-state index contributed by atoms with van der Waals surface area (Å²) in [4.78, 5) is 0.317. The van der Waals surface area contributed by atoms with Crippen LogP contribution in [0.15, 0.2) is 4.90 Å². The van der Waals surface area contributed by atoms with Crippen molar-refractivity contribution in [1.82, 2.24) is 14.5 Å². The highest BCUT2D eigenvalue weighted by molar-refractivity contribution is 7.89. The number of nitrogens with zero attached hydrogens (tertiary/aromatic N) is 2. The van der Waals surface area contributed by atoms with E-state index < -0.39 is 10.0 Å². The second kappa shape index (κ2) is 5.22. The minimum atomic E-state index is -3.46. The monoisotopic (exact) mass is 286 g/mol. The molecule has 1 aromatic heterocycles. The molecule has 0 amide bonds. The number of nitrogens with one attached hydrogen (secondary N) is 1. The molecule has 108 valence electrons. The van der Waals surface area contributed by atoms with Gasteiger partial charge in [-0.2, -0.15) is 9.40 Å². The first-order valence-electron chi connectivity index (χ1n) is 6.65. The highest BCUT2D eigenvalue weighted by Gasteiger charge is 2.35. The van der Waals surface area contributed by atoms with E-state index >= 15 is 0 Å². The number of hydrogen-bond acceptors (Lipinski definition) is 4. The Labute approximate surface area is 114 Å². The predicted octanol–water partition coefficient (Wildman–Crippen LogP) is 0.774. The smallest absolute Gasteiger partial charge is 0.246 e. The number of nitrogens with two attached hydrogens (primary N) is 1. The van der Waals surface area contributed by atoms with Gasteiger partial charge in [0.05, 0.1) is 11.4 Å². The molecule has 1 aromatic rings. The van der Waals surface area contributed by atoms with E-state index in [0.717, 1.165) is 6.42 Å². The lowest BCUT2D eigenvalue weighted by Crippen LogP contribution is -2.49. The van der Waals surface area contributed by atoms with Gasteiger partial charge < -0.3 is 5.73 Å². The van der Waals surface area contributed by atoms with Gasteiger partial charge in [0.15, 0.2) is 0 Å². The van der Waals surface area contributed by atoms with Gasteiger partial charge in [0, 0.05) is 19.1 Å². The van der Waals surface area contributed by atoms with Crippen LogP contribution in [0.3, 0.4) is 0 Å². The first kappa shape index (κ1) is 14.5. The average molecular weight is 286 g/mol. The van der Waals surface area contributed by atoms with E-state index in [2.05, 4.69) is 17.1 Å². The molecular weight excluding hydrogens is 264 g/mol. The topological polar surface area (TPSA) is 92.1 Å². The largest absolute Gasteiger partial charge is 0.327 e. The van der Waals surface area contributed by atoms with Crippen molar-refractivity contribution in [1.29, 1.82) is 0 Å². The minimum Gasteiger partial charge on any atom is -0.327 e. The van der Waals surface area contributed by atoms with Crippen LogP contribution in [0.25, 0.3) is 0 Å². The van der Waals surface area contributed by atoms with Crippen LogP contribution in [0, 0.1) is 19.8 Å². The second-order valence-corrected chi connectivity index (χ2v) is 7.12. The molecule has 6 nitrogen and oxygen atoms in total. The van der Waals surface area contributed by atoms with Gasteiger partial charge in [0.2, 0.25) is 10.0 Å². The molecule has 0 spiro atoms. The fourth-order valence-electron chi connectivity index (χ4n) is 2.72. The van der Waals surface area contributed by atoms with E-state index in [4.69, 9.17) is 5.73 Å². The quantitative estimate of drug-likeness (QED) is 0.858. The summed E-state index contributed by atoms with van der Waals surface area (Å²) in [6.07, 6.45) is 1.62. The number of H-pyrrole nitrogens is 1. The molecule has 2 unspecified atom stereocenters. The van der Waals surface area contributed by atoms with Gasteiger partial charge >= 0.3 is 0 Å². The van der Waals surface area contributed by atoms with Crippen molar-refractivity contribution in [2.24, 2.45) is 11.7 Å². The van der Waals surface area contributed by atoms with Crippen LogP contribution in [-0.2, 0) is 10.0 Å². The van der Waals surface area contributed by atoms with Crippen molar-refractivity contribution in [2.75, 3.05) is 13.1 Å². The van der Waals surface area contributed by atoms with E-state index in [9.17, 15) is 8.42 Å². The van der Waals surface area contributed by atoms with Gasteiger partial charge in [0.1, 0.15) is 4.90 Å². The van der Waals surface area contributed by atoms with Crippen molar-refractivity contribution in [3.8, 4) is 0 Å². The molecule has 19 heavy (non-hydrogen) atoms. The molecule has 3 N–H and O–H groups in total. The van der Waals surface area contributed by atoms with E-state index in [1.807, 2.05) is 0 Å². The first-order chi connectivity index (χ1) is 8.87. The molecule has 2 atom stereocenters. The summed E-state index contributed by atoms with van der Waals surface area (Å²) in [6, 6.07) is 0.1000. The highest BCUT2D eigenvalue weighted by atomic mass is 32.2. The molecule has 1 fully saturated rings. The molecule has 2 heterocycles. The first-order valence-corrected chi connectivity index (χ1v) is 8.09. The lowest BCUT2D eigenvalue weighted by atomic mass is 9.92. The third-order valence-electron chi connectivity index (χ3n) is 3.94. The molecule has 0 aliphatic carbocycles. The Balaban J connectivity index is 2.31. The summed E-state index contributed by atoms with van der Waals surface area (Å²) in [5.41, 5.74) is 7.16. The van der Waals surface area contributed by atoms with Crippen LogP contribution in [0.5, 0.6) is 0 Å². The SMILES string of the molecule is CCC1CN(S(=O)(=O)c2c(C)n[nH]c2C)CCC1N. The van der Waals surface area contributed by atoms with Crippen LogP contribution in [0.2, 0.25) is 0 Å². The average Bonchev–Trinajstić information content (AvgIpc) is 2.69. The summed E-state index contributed by atoms with van der Waals surface area (Å²) < 4.78 is 26.9. The fourth-order valence-corrected chi connectivity index (χ4v) is 4.56. The Hall–Kier alpha value is -0.920. The van der Waals surface area contributed by atoms with Crippen LogP contribution in [-0.4, -0.2) is 42.1 Å². The summed E-state index contributed by atoms with van der Waals surface area (Å²) in [5, 5.41) is 6.71. The van der Waals surface area contributed by atoms with E-state index in [1.54, 1.807) is 18.2 Å². The van der Waals surface area contributed by atoms with Gasteiger partial charge in [-0.1, -0.05) is 13.3 Å². The number of hydrogen-bond donors (Lipinski definition) is 2. The number of aromatic nitrogens is 2. The Bertz CT molecular complexity index is 533. The van der Waals surface area contributed by atoms with Crippen molar-refractivity contribution >= 4 is 10.0 Å². The zero-order valence-electron chi connectivity index (χ0n) is 11.7. The Morgan fingerprint density at radius 1 is 1.47 bits per heavy atom. The number of sulfonamides is 1. The Morgan fingerprint density at radius 2 is 2.16 bits per heavy atom. The predicted molar refractivity (Wildman–Crippen MR) is 73.2 cm³/mol. The van der Waals surface area contributed by atoms with Crippen molar-refractivity contribution in [3.05, 3.63) is 11.4 Å². The molecule has 0 radical (unpaired) electrons. The Kier molecular flexibility index (Phi) is 3.98. The van der Waals surface area contributed by atoms with Crippen LogP contribution in [0.1, 0.15) is 31.2 Å². The minimum absolute atomic E-state index is 0.1000. The summed E-state index contributed by atoms with van der Waals surface area (Å²) in [7, 11) is -3.46. The molecule has 0 aromatic carbocycles. The van der Waals surface area contributed by atoms with Crippen molar-refractivity contribution in [2.45, 2.75) is 44.6 Å². The molecule has 0 saturated carbocycles. The third-order valence-corrected chi connectivity index (χ3v) is 6.07. The van der Waals surface area contributed by atoms with Gasteiger partial charge in [0.25, 0.3) is 0 Å². The van der Waals surface area contributed by atoms with Crippen molar-refractivity contribution < 1.29 is 8.42 Å². The van der Waals surface area contributed by atoms with Crippen LogP contribution >= 0.6 is 0 Å². The maximum absolute atomic E-state index is 12.7. The summed E-state index contributed by atoms with van der Waals surface area (Å²) in [5.74, 6) is 0.232. The zero-order chi connectivity index (χ0) is 14.2. The van der Waals surface area contributed by atoms with E-state index in [1.165, 1.54) is 0 Å². The maximum atomic E-state index is 12.7. The Morgan fingerprint density at radius 3 is 2.68 bits per heavy atom. The molecule has 2 rings (SSSR count). The lowest BCUT2D eigenvalue weighted by molar-refractivity contribution is 0.230. The van der Waals surface area contributed by atoms with Crippen LogP contribution < -0.4 is 5.73 Å². The lowest BCUT2D eigenvalue weighted by Gasteiger charge is -2.35. The second-order valence-electron chi connectivity index (χ2n) is 5.25. The van der Waals surface area contributed by atoms with Gasteiger partial charge in [-0.05, 0) is 26.2 Å².